The fourth-order valence-electron chi connectivity index (χ4n) is 3.36. The van der Waals surface area contributed by atoms with Gasteiger partial charge in [-0.05, 0) is 38.4 Å². The van der Waals surface area contributed by atoms with Crippen molar-refractivity contribution in [1.29, 1.82) is 0 Å². The summed E-state index contributed by atoms with van der Waals surface area (Å²) in [7, 11) is 1.55. The van der Waals surface area contributed by atoms with Crippen molar-refractivity contribution < 1.29 is 23.6 Å². The first-order chi connectivity index (χ1) is 14.1. The number of hydrogen-bond acceptors (Lipinski definition) is 8. The van der Waals surface area contributed by atoms with Gasteiger partial charge in [0.15, 0.2) is 5.82 Å². The minimum atomic E-state index is -0.262. The third-order valence-corrected chi connectivity index (χ3v) is 4.69. The van der Waals surface area contributed by atoms with Gasteiger partial charge in [0.2, 0.25) is 11.8 Å². The number of carbonyl (C=O) groups excluding carboxylic acids is 2. The number of piperidine rings is 1. The van der Waals surface area contributed by atoms with E-state index in [1.807, 2.05) is 19.1 Å². The fraction of sp³-hybridized carbons (Fsp3) is 0.500. The standard InChI is InChI=1S/C20H26N4O5/c1-3-28-20(26)14-7-6-10-24(12-14)13-19-22-17(23-29-19)11-18(25)21-15-8-4-5-9-16(15)27-2/h4-5,8-9,14H,3,6-7,10-13H2,1-2H3,(H,21,25)/t14-/m0/s1. The lowest BCUT2D eigenvalue weighted by Gasteiger charge is -2.30. The van der Waals surface area contributed by atoms with Gasteiger partial charge >= 0.3 is 5.97 Å². The Hall–Kier alpha value is -2.94. The molecule has 1 fully saturated rings. The number of benzene rings is 1. The highest BCUT2D eigenvalue weighted by Crippen LogP contribution is 2.23. The number of nitrogens with one attached hydrogen (secondary N) is 1. The maximum absolute atomic E-state index is 12.3. The summed E-state index contributed by atoms with van der Waals surface area (Å²) >= 11 is 0. The van der Waals surface area contributed by atoms with E-state index in [9.17, 15) is 9.59 Å². The van der Waals surface area contributed by atoms with Gasteiger partial charge < -0.3 is 19.3 Å². The summed E-state index contributed by atoms with van der Waals surface area (Å²) in [4.78, 5) is 30.6. The summed E-state index contributed by atoms with van der Waals surface area (Å²) in [6.45, 7) is 4.09. The lowest BCUT2D eigenvalue weighted by atomic mass is 9.98. The molecule has 1 aliphatic rings. The van der Waals surface area contributed by atoms with E-state index in [1.54, 1.807) is 19.2 Å². The van der Waals surface area contributed by atoms with E-state index in [-0.39, 0.29) is 24.2 Å². The highest BCUT2D eigenvalue weighted by molar-refractivity contribution is 5.93. The molecule has 0 aliphatic carbocycles. The lowest BCUT2D eigenvalue weighted by molar-refractivity contribution is -0.150. The number of likely N-dealkylation sites (tertiary alicyclic amines) is 1. The number of rotatable bonds is 8. The van der Waals surface area contributed by atoms with Gasteiger partial charge in [0, 0.05) is 6.54 Å². The van der Waals surface area contributed by atoms with Gasteiger partial charge in [-0.25, -0.2) is 0 Å². The monoisotopic (exact) mass is 402 g/mol. The van der Waals surface area contributed by atoms with Gasteiger partial charge in [-0.1, -0.05) is 17.3 Å². The van der Waals surface area contributed by atoms with Crippen molar-refractivity contribution in [3.8, 4) is 5.75 Å². The van der Waals surface area contributed by atoms with Crippen LogP contribution in [-0.4, -0.2) is 53.7 Å². The third-order valence-electron chi connectivity index (χ3n) is 4.69. The molecule has 0 spiro atoms. The van der Waals surface area contributed by atoms with E-state index >= 15 is 0 Å². The van der Waals surface area contributed by atoms with Gasteiger partial charge in [-0.2, -0.15) is 4.98 Å². The molecule has 2 heterocycles. The summed E-state index contributed by atoms with van der Waals surface area (Å²) in [5.74, 6) is 0.771. The highest BCUT2D eigenvalue weighted by atomic mass is 16.5. The van der Waals surface area contributed by atoms with Gasteiger partial charge in [0.05, 0.1) is 38.3 Å². The second kappa shape index (κ2) is 10.0. The van der Waals surface area contributed by atoms with Crippen LogP contribution in [0.25, 0.3) is 0 Å². The molecule has 0 radical (unpaired) electrons. The van der Waals surface area contributed by atoms with E-state index in [1.165, 1.54) is 0 Å². The number of ether oxygens (including phenoxy) is 2. The molecule has 9 nitrogen and oxygen atoms in total. The van der Waals surface area contributed by atoms with Crippen LogP contribution in [0.15, 0.2) is 28.8 Å². The van der Waals surface area contributed by atoms with Crippen molar-refractivity contribution in [2.24, 2.45) is 5.92 Å². The quantitative estimate of drug-likeness (QED) is 0.669. The maximum Gasteiger partial charge on any atom is 0.310 e. The molecule has 1 saturated heterocycles. The van der Waals surface area contributed by atoms with E-state index in [0.29, 0.717) is 42.8 Å². The smallest absolute Gasteiger partial charge is 0.310 e. The van der Waals surface area contributed by atoms with Crippen molar-refractivity contribution in [3.05, 3.63) is 36.0 Å². The minimum Gasteiger partial charge on any atom is -0.495 e. The molecule has 1 N–H and O–H groups in total. The Balaban J connectivity index is 1.52. The number of aromatic nitrogens is 2. The number of nitrogens with zero attached hydrogens (tertiary/aromatic N) is 3. The normalized spacial score (nSPS) is 17.0. The fourth-order valence-corrected chi connectivity index (χ4v) is 3.36. The predicted molar refractivity (Wildman–Crippen MR) is 104 cm³/mol. The molecule has 0 unspecified atom stereocenters. The van der Waals surface area contributed by atoms with Crippen LogP contribution in [0.5, 0.6) is 5.75 Å². The Bertz CT molecular complexity index is 838. The summed E-state index contributed by atoms with van der Waals surface area (Å²) in [6, 6.07) is 7.17. The lowest BCUT2D eigenvalue weighted by Crippen LogP contribution is -2.39. The van der Waals surface area contributed by atoms with Crippen LogP contribution in [0.1, 0.15) is 31.5 Å². The zero-order chi connectivity index (χ0) is 20.6. The number of methoxy groups -OCH3 is 1. The Morgan fingerprint density at radius 2 is 2.17 bits per heavy atom. The van der Waals surface area contributed by atoms with Crippen molar-refractivity contribution in [2.75, 3.05) is 32.1 Å². The molecular formula is C20H26N4O5. The molecule has 1 aromatic heterocycles. The largest absolute Gasteiger partial charge is 0.495 e. The Labute approximate surface area is 169 Å². The van der Waals surface area contributed by atoms with Crippen molar-refractivity contribution in [1.82, 2.24) is 15.0 Å². The van der Waals surface area contributed by atoms with Crippen molar-refractivity contribution in [3.63, 3.8) is 0 Å². The minimum absolute atomic E-state index is 0.00694. The van der Waals surface area contributed by atoms with Gasteiger partial charge in [0.1, 0.15) is 5.75 Å². The first-order valence-electron chi connectivity index (χ1n) is 9.72. The van der Waals surface area contributed by atoms with E-state index in [2.05, 4.69) is 20.4 Å². The molecule has 1 aliphatic heterocycles. The Morgan fingerprint density at radius 3 is 2.97 bits per heavy atom. The van der Waals surface area contributed by atoms with Crippen LogP contribution in [-0.2, 0) is 27.3 Å². The molecule has 9 heteroatoms. The third kappa shape index (κ3) is 5.77. The summed E-state index contributed by atoms with van der Waals surface area (Å²) in [5, 5.41) is 6.68. The SMILES string of the molecule is CCOC(=O)[C@H]1CCCN(Cc2nc(CC(=O)Nc3ccccc3OC)no2)C1. The number of amides is 1. The number of hydrogen-bond donors (Lipinski definition) is 1. The number of anilines is 1. The van der Waals surface area contributed by atoms with Crippen LogP contribution in [0.2, 0.25) is 0 Å². The summed E-state index contributed by atoms with van der Waals surface area (Å²) < 4.78 is 15.6. The van der Waals surface area contributed by atoms with E-state index < -0.39 is 0 Å². The summed E-state index contributed by atoms with van der Waals surface area (Å²) in [5.41, 5.74) is 0.585. The second-order valence-corrected chi connectivity index (χ2v) is 6.86. The molecule has 3 rings (SSSR count). The van der Waals surface area contributed by atoms with Crippen LogP contribution >= 0.6 is 0 Å². The zero-order valence-electron chi connectivity index (χ0n) is 16.7. The average Bonchev–Trinajstić information content (AvgIpc) is 3.15. The number of para-hydroxylation sites is 2. The average molecular weight is 402 g/mol. The topological polar surface area (TPSA) is 107 Å². The molecule has 0 saturated carbocycles. The highest BCUT2D eigenvalue weighted by Gasteiger charge is 2.27. The van der Waals surface area contributed by atoms with Crippen LogP contribution in [0, 0.1) is 5.92 Å². The van der Waals surface area contributed by atoms with E-state index in [4.69, 9.17) is 14.0 Å². The van der Waals surface area contributed by atoms with E-state index in [0.717, 1.165) is 19.4 Å². The van der Waals surface area contributed by atoms with Crippen LogP contribution in [0.3, 0.4) is 0 Å². The number of esters is 1. The summed E-state index contributed by atoms with van der Waals surface area (Å²) in [6.07, 6.45) is 1.73. The molecule has 0 bridgehead atoms. The molecule has 29 heavy (non-hydrogen) atoms. The molecular weight excluding hydrogens is 376 g/mol. The predicted octanol–water partition coefficient (Wildman–Crippen LogP) is 2.03. The van der Waals surface area contributed by atoms with Crippen molar-refractivity contribution >= 4 is 17.6 Å². The van der Waals surface area contributed by atoms with Gasteiger partial charge in [0.25, 0.3) is 0 Å². The number of carbonyl (C=O) groups is 2. The maximum atomic E-state index is 12.3. The van der Waals surface area contributed by atoms with Crippen LogP contribution < -0.4 is 10.1 Å². The molecule has 1 aromatic carbocycles. The first-order valence-corrected chi connectivity index (χ1v) is 9.72. The van der Waals surface area contributed by atoms with Crippen LogP contribution in [0.4, 0.5) is 5.69 Å². The molecule has 2 aromatic rings. The van der Waals surface area contributed by atoms with Gasteiger partial charge in [-0.15, -0.1) is 0 Å². The first kappa shape index (κ1) is 20.8. The molecule has 156 valence electrons. The second-order valence-electron chi connectivity index (χ2n) is 6.86. The zero-order valence-corrected chi connectivity index (χ0v) is 16.7. The van der Waals surface area contributed by atoms with Gasteiger partial charge in [-0.3, -0.25) is 14.5 Å². The Morgan fingerprint density at radius 1 is 1.34 bits per heavy atom. The van der Waals surface area contributed by atoms with Crippen molar-refractivity contribution in [2.45, 2.75) is 32.7 Å². The molecule has 1 amide bonds. The Kier molecular flexibility index (Phi) is 7.18. The molecule has 1 atom stereocenters.